The Kier molecular flexibility index (Phi) is 5.11. The number of nitrogens with two attached hydrogens (primary N) is 1. The molecule has 1 aromatic carbocycles. The Morgan fingerprint density at radius 2 is 2.05 bits per heavy atom. The molecule has 1 aromatic heterocycles. The Hall–Kier alpha value is -2.14. The van der Waals surface area contributed by atoms with E-state index in [0.717, 1.165) is 29.8 Å². The fourth-order valence-electron chi connectivity index (χ4n) is 2.07. The van der Waals surface area contributed by atoms with Gasteiger partial charge in [0.2, 0.25) is 0 Å². The Balaban J connectivity index is 2.38. The summed E-state index contributed by atoms with van der Waals surface area (Å²) in [4.78, 5) is 9.02. The van der Waals surface area contributed by atoms with Crippen LogP contribution in [0.3, 0.4) is 0 Å². The molecule has 3 N–H and O–H groups in total. The van der Waals surface area contributed by atoms with E-state index in [-0.39, 0.29) is 6.10 Å². The highest BCUT2D eigenvalue weighted by atomic mass is 16.5. The van der Waals surface area contributed by atoms with Gasteiger partial charge in [0.25, 0.3) is 0 Å². The molecule has 0 aliphatic carbocycles. The molecular weight excluding hydrogens is 264 g/mol. The number of rotatable bonds is 6. The molecule has 0 aliphatic heterocycles. The van der Waals surface area contributed by atoms with E-state index in [0.29, 0.717) is 11.6 Å². The monoisotopic (exact) mass is 286 g/mol. The van der Waals surface area contributed by atoms with Crippen LogP contribution in [-0.2, 0) is 6.42 Å². The minimum atomic E-state index is 0.133. The van der Waals surface area contributed by atoms with Crippen molar-refractivity contribution in [1.82, 2.24) is 9.97 Å². The second-order valence-corrected chi connectivity index (χ2v) is 5.16. The maximum Gasteiger partial charge on any atom is 0.161 e. The summed E-state index contributed by atoms with van der Waals surface area (Å²) in [6.45, 7) is 6.12. The number of hydrogen-bond acceptors (Lipinski definition) is 5. The van der Waals surface area contributed by atoms with Gasteiger partial charge in [0.15, 0.2) is 5.82 Å². The number of aromatic nitrogens is 2. The van der Waals surface area contributed by atoms with Crippen LogP contribution < -0.4 is 16.0 Å². The number of ether oxygens (including phenoxy) is 1. The summed E-state index contributed by atoms with van der Waals surface area (Å²) < 4.78 is 5.71. The lowest BCUT2D eigenvalue weighted by Crippen LogP contribution is -2.10. The van der Waals surface area contributed by atoms with E-state index in [2.05, 4.69) is 22.3 Å². The average molecular weight is 286 g/mol. The number of benzene rings is 1. The van der Waals surface area contributed by atoms with Crippen LogP contribution >= 0.6 is 0 Å². The fourth-order valence-corrected chi connectivity index (χ4v) is 2.07. The number of anilines is 1. The minimum absolute atomic E-state index is 0.133. The second-order valence-electron chi connectivity index (χ2n) is 5.16. The zero-order valence-corrected chi connectivity index (χ0v) is 12.8. The topological polar surface area (TPSA) is 73.1 Å². The summed E-state index contributed by atoms with van der Waals surface area (Å²) in [7, 11) is 0. The van der Waals surface area contributed by atoms with Gasteiger partial charge in [0.1, 0.15) is 11.6 Å². The predicted octanol–water partition coefficient (Wildman–Crippen LogP) is 3.17. The van der Waals surface area contributed by atoms with E-state index in [1.165, 1.54) is 0 Å². The highest BCUT2D eigenvalue weighted by Crippen LogP contribution is 2.23. The van der Waals surface area contributed by atoms with Gasteiger partial charge in [-0.15, -0.1) is 0 Å². The zero-order chi connectivity index (χ0) is 15.2. The molecule has 5 heteroatoms. The lowest BCUT2D eigenvalue weighted by atomic mass is 10.2. The molecule has 0 saturated carbocycles. The van der Waals surface area contributed by atoms with Gasteiger partial charge in [-0.05, 0) is 32.4 Å². The lowest BCUT2D eigenvalue weighted by Gasteiger charge is -2.11. The van der Waals surface area contributed by atoms with Crippen LogP contribution in [0.5, 0.6) is 5.75 Å². The molecule has 0 fully saturated rings. The van der Waals surface area contributed by atoms with Gasteiger partial charge in [0, 0.05) is 17.3 Å². The molecule has 0 aliphatic rings. The summed E-state index contributed by atoms with van der Waals surface area (Å²) in [5, 5.41) is 0. The maximum absolute atomic E-state index is 5.71. The number of nitrogen functional groups attached to an aromatic ring is 1. The molecule has 1 heterocycles. The molecule has 0 saturated heterocycles. The highest BCUT2D eigenvalue weighted by molar-refractivity contribution is 5.59. The second kappa shape index (κ2) is 7.04. The smallest absolute Gasteiger partial charge is 0.161 e. The van der Waals surface area contributed by atoms with Crippen molar-refractivity contribution in [2.24, 2.45) is 5.84 Å². The maximum atomic E-state index is 5.71. The standard InChI is InChI=1S/C16H22N4O/c1-4-6-13-10-15(20-17)19-16(18-13)12-7-5-8-14(9-12)21-11(2)3/h5,7-11H,4,6,17H2,1-3H3,(H,18,19,20). The third kappa shape index (κ3) is 4.16. The largest absolute Gasteiger partial charge is 0.491 e. The Labute approximate surface area is 125 Å². The predicted molar refractivity (Wildman–Crippen MR) is 85.0 cm³/mol. The van der Waals surface area contributed by atoms with E-state index in [9.17, 15) is 0 Å². The van der Waals surface area contributed by atoms with Gasteiger partial charge in [-0.25, -0.2) is 15.8 Å². The van der Waals surface area contributed by atoms with Gasteiger partial charge in [-0.3, -0.25) is 0 Å². The number of hydrogen-bond donors (Lipinski definition) is 2. The molecule has 0 radical (unpaired) electrons. The van der Waals surface area contributed by atoms with Crippen molar-refractivity contribution >= 4 is 5.82 Å². The average Bonchev–Trinajstić information content (AvgIpc) is 2.47. The minimum Gasteiger partial charge on any atom is -0.491 e. The van der Waals surface area contributed by atoms with Crippen molar-refractivity contribution in [2.75, 3.05) is 5.43 Å². The van der Waals surface area contributed by atoms with E-state index < -0.39 is 0 Å². The molecule has 112 valence electrons. The zero-order valence-electron chi connectivity index (χ0n) is 12.8. The van der Waals surface area contributed by atoms with Gasteiger partial charge in [-0.2, -0.15) is 0 Å². The fraction of sp³-hybridized carbons (Fsp3) is 0.375. The van der Waals surface area contributed by atoms with E-state index in [1.54, 1.807) is 0 Å². The van der Waals surface area contributed by atoms with Gasteiger partial charge in [-0.1, -0.05) is 25.5 Å². The first-order valence-electron chi connectivity index (χ1n) is 7.24. The van der Waals surface area contributed by atoms with E-state index in [4.69, 9.17) is 10.6 Å². The van der Waals surface area contributed by atoms with Gasteiger partial charge >= 0.3 is 0 Å². The molecule has 0 bridgehead atoms. The number of nitrogens with zero attached hydrogens (tertiary/aromatic N) is 2. The quantitative estimate of drug-likeness (QED) is 0.630. The molecule has 0 amide bonds. The van der Waals surface area contributed by atoms with Crippen LogP contribution in [0.4, 0.5) is 5.82 Å². The summed E-state index contributed by atoms with van der Waals surface area (Å²) >= 11 is 0. The first kappa shape index (κ1) is 15.3. The molecule has 5 nitrogen and oxygen atoms in total. The van der Waals surface area contributed by atoms with Crippen LogP contribution in [0, 0.1) is 0 Å². The van der Waals surface area contributed by atoms with Crippen molar-refractivity contribution in [3.63, 3.8) is 0 Å². The molecular formula is C16H22N4O. The van der Waals surface area contributed by atoms with Gasteiger partial charge in [0.05, 0.1) is 6.10 Å². The first-order chi connectivity index (χ1) is 10.1. The van der Waals surface area contributed by atoms with E-state index >= 15 is 0 Å². The van der Waals surface area contributed by atoms with Gasteiger partial charge < -0.3 is 10.2 Å². The number of hydrazine groups is 1. The molecule has 0 spiro atoms. The van der Waals surface area contributed by atoms with Crippen LogP contribution in [0.25, 0.3) is 11.4 Å². The summed E-state index contributed by atoms with van der Waals surface area (Å²) in [6.07, 6.45) is 2.05. The van der Waals surface area contributed by atoms with Crippen molar-refractivity contribution in [2.45, 2.75) is 39.7 Å². The summed E-state index contributed by atoms with van der Waals surface area (Å²) in [5.74, 6) is 7.59. The molecule has 0 atom stereocenters. The SMILES string of the molecule is CCCc1cc(NN)nc(-c2cccc(OC(C)C)c2)n1. The Morgan fingerprint density at radius 1 is 1.24 bits per heavy atom. The molecule has 0 unspecified atom stereocenters. The third-order valence-corrected chi connectivity index (χ3v) is 2.90. The number of aryl methyl sites for hydroxylation is 1. The molecule has 2 rings (SSSR count). The van der Waals surface area contributed by atoms with Crippen LogP contribution in [0.2, 0.25) is 0 Å². The number of nitrogens with one attached hydrogen (secondary N) is 1. The molecule has 2 aromatic rings. The first-order valence-corrected chi connectivity index (χ1v) is 7.24. The highest BCUT2D eigenvalue weighted by Gasteiger charge is 2.08. The normalized spacial score (nSPS) is 10.7. The summed E-state index contributed by atoms with van der Waals surface area (Å²) in [6, 6.07) is 9.67. The summed E-state index contributed by atoms with van der Waals surface area (Å²) in [5.41, 5.74) is 4.50. The van der Waals surface area contributed by atoms with Crippen molar-refractivity contribution < 1.29 is 4.74 Å². The van der Waals surface area contributed by atoms with Crippen LogP contribution in [0.1, 0.15) is 32.9 Å². The van der Waals surface area contributed by atoms with Crippen LogP contribution in [-0.4, -0.2) is 16.1 Å². The molecule has 21 heavy (non-hydrogen) atoms. The lowest BCUT2D eigenvalue weighted by molar-refractivity contribution is 0.242. The van der Waals surface area contributed by atoms with E-state index in [1.807, 2.05) is 44.2 Å². The van der Waals surface area contributed by atoms with Crippen LogP contribution in [0.15, 0.2) is 30.3 Å². The Bertz CT molecular complexity index is 599. The van der Waals surface area contributed by atoms with Crippen molar-refractivity contribution in [3.8, 4) is 17.1 Å². The van der Waals surface area contributed by atoms with Crippen molar-refractivity contribution in [1.29, 1.82) is 0 Å². The Morgan fingerprint density at radius 3 is 2.71 bits per heavy atom. The third-order valence-electron chi connectivity index (χ3n) is 2.90. The van der Waals surface area contributed by atoms with Crippen molar-refractivity contribution in [3.05, 3.63) is 36.0 Å².